The topological polar surface area (TPSA) is 92.4 Å². The number of aromatic nitrogens is 1. The Morgan fingerprint density at radius 2 is 2.38 bits per heavy atom. The van der Waals surface area contributed by atoms with Crippen molar-refractivity contribution >= 4 is 35.0 Å². The summed E-state index contributed by atoms with van der Waals surface area (Å²) < 4.78 is 5.10. The molecule has 2 rings (SSSR count). The summed E-state index contributed by atoms with van der Waals surface area (Å²) in [6.45, 7) is 0. The number of carboxylic acid groups (broad SMARTS) is 1. The lowest BCUT2D eigenvalue weighted by Crippen LogP contribution is -2.41. The molecular weight excluding hydrogens is 312 g/mol. The highest BCUT2D eigenvalue weighted by Gasteiger charge is 2.22. The Hall–Kier alpha value is -1.80. The summed E-state index contributed by atoms with van der Waals surface area (Å²) in [5.74, 6) is -0.461. The van der Waals surface area contributed by atoms with Crippen molar-refractivity contribution < 1.29 is 19.2 Å². The Balaban J connectivity index is 2.04. The van der Waals surface area contributed by atoms with Gasteiger partial charge in [-0.2, -0.15) is 11.8 Å². The Labute approximate surface area is 129 Å². The smallest absolute Gasteiger partial charge is 0.326 e. The van der Waals surface area contributed by atoms with Crippen LogP contribution in [0.1, 0.15) is 16.9 Å². The Morgan fingerprint density at radius 3 is 3.00 bits per heavy atom. The molecule has 2 aromatic heterocycles. The number of amides is 1. The highest BCUT2D eigenvalue weighted by atomic mass is 32.2. The van der Waals surface area contributed by atoms with Crippen LogP contribution in [0.3, 0.4) is 0 Å². The molecule has 0 fully saturated rings. The van der Waals surface area contributed by atoms with Crippen LogP contribution in [-0.4, -0.2) is 40.2 Å². The molecule has 2 heterocycles. The van der Waals surface area contributed by atoms with Gasteiger partial charge in [-0.25, -0.2) is 4.79 Å². The third-order valence-corrected chi connectivity index (χ3v) is 4.25. The SMILES string of the molecule is CSCC[C@@H](NC(=O)c1cc(-c2cccs2)on1)C(=O)O. The number of aliphatic carboxylic acids is 1. The average molecular weight is 326 g/mol. The lowest BCUT2D eigenvalue weighted by molar-refractivity contribution is -0.139. The molecule has 0 saturated carbocycles. The zero-order valence-electron chi connectivity index (χ0n) is 11.2. The van der Waals surface area contributed by atoms with Gasteiger partial charge < -0.3 is 14.9 Å². The molecule has 0 saturated heterocycles. The fraction of sp³-hybridized carbons (Fsp3) is 0.308. The molecule has 0 spiro atoms. The summed E-state index contributed by atoms with van der Waals surface area (Å²) >= 11 is 2.99. The van der Waals surface area contributed by atoms with Gasteiger partial charge in [0.2, 0.25) is 0 Å². The van der Waals surface area contributed by atoms with Gasteiger partial charge >= 0.3 is 5.97 Å². The largest absolute Gasteiger partial charge is 0.480 e. The third kappa shape index (κ3) is 4.08. The van der Waals surface area contributed by atoms with Crippen molar-refractivity contribution in [3.05, 3.63) is 29.3 Å². The van der Waals surface area contributed by atoms with Gasteiger partial charge in [-0.3, -0.25) is 4.79 Å². The van der Waals surface area contributed by atoms with E-state index in [9.17, 15) is 9.59 Å². The zero-order valence-corrected chi connectivity index (χ0v) is 12.9. The number of thiophene rings is 1. The fourth-order valence-electron chi connectivity index (χ4n) is 1.64. The van der Waals surface area contributed by atoms with Crippen LogP contribution in [0.15, 0.2) is 28.1 Å². The molecule has 6 nitrogen and oxygen atoms in total. The number of carbonyl (C=O) groups is 2. The molecule has 0 aromatic carbocycles. The van der Waals surface area contributed by atoms with Crippen LogP contribution in [0, 0.1) is 0 Å². The maximum absolute atomic E-state index is 12.0. The van der Waals surface area contributed by atoms with Gasteiger partial charge in [0.15, 0.2) is 11.5 Å². The molecule has 0 unspecified atom stereocenters. The molecule has 8 heteroatoms. The minimum absolute atomic E-state index is 0.0776. The van der Waals surface area contributed by atoms with Crippen molar-refractivity contribution in [2.45, 2.75) is 12.5 Å². The maximum atomic E-state index is 12.0. The summed E-state index contributed by atoms with van der Waals surface area (Å²) in [6, 6.07) is 4.30. The van der Waals surface area contributed by atoms with Crippen molar-refractivity contribution in [1.29, 1.82) is 0 Å². The number of nitrogens with one attached hydrogen (secondary N) is 1. The summed E-state index contributed by atoms with van der Waals surface area (Å²) in [7, 11) is 0. The average Bonchev–Trinajstić information content (AvgIpc) is 3.12. The predicted molar refractivity (Wildman–Crippen MR) is 81.7 cm³/mol. The highest BCUT2D eigenvalue weighted by Crippen LogP contribution is 2.25. The van der Waals surface area contributed by atoms with Crippen molar-refractivity contribution in [2.24, 2.45) is 0 Å². The molecule has 0 radical (unpaired) electrons. The zero-order chi connectivity index (χ0) is 15.2. The lowest BCUT2D eigenvalue weighted by atomic mass is 10.2. The van der Waals surface area contributed by atoms with Gasteiger partial charge in [0.05, 0.1) is 4.88 Å². The van der Waals surface area contributed by atoms with Gasteiger partial charge in [-0.1, -0.05) is 11.2 Å². The second kappa shape index (κ2) is 7.28. The number of carbonyl (C=O) groups excluding carboxylic acids is 1. The first-order valence-corrected chi connectivity index (χ1v) is 8.42. The molecule has 1 atom stereocenters. The monoisotopic (exact) mass is 326 g/mol. The molecule has 21 heavy (non-hydrogen) atoms. The number of nitrogens with zero attached hydrogens (tertiary/aromatic N) is 1. The summed E-state index contributed by atoms with van der Waals surface area (Å²) in [6.07, 6.45) is 2.24. The van der Waals surface area contributed by atoms with Gasteiger partial charge in [0.1, 0.15) is 6.04 Å². The van der Waals surface area contributed by atoms with E-state index in [0.717, 1.165) is 4.88 Å². The van der Waals surface area contributed by atoms with Crippen LogP contribution in [0.4, 0.5) is 0 Å². The van der Waals surface area contributed by atoms with E-state index in [2.05, 4.69) is 10.5 Å². The van der Waals surface area contributed by atoms with Crippen molar-refractivity contribution in [3.8, 4) is 10.6 Å². The van der Waals surface area contributed by atoms with Crippen LogP contribution in [-0.2, 0) is 4.79 Å². The van der Waals surface area contributed by atoms with E-state index in [4.69, 9.17) is 9.63 Å². The summed E-state index contributed by atoms with van der Waals surface area (Å²) in [5.41, 5.74) is 0.0776. The van der Waals surface area contributed by atoms with E-state index >= 15 is 0 Å². The quantitative estimate of drug-likeness (QED) is 0.811. The molecule has 2 N–H and O–H groups in total. The predicted octanol–water partition coefficient (Wildman–Crippen LogP) is 2.34. The fourth-order valence-corrected chi connectivity index (χ4v) is 2.79. The Kier molecular flexibility index (Phi) is 5.40. The van der Waals surface area contributed by atoms with Gasteiger partial charge in [-0.05, 0) is 29.9 Å². The normalized spacial score (nSPS) is 12.0. The molecule has 112 valence electrons. The van der Waals surface area contributed by atoms with Crippen LogP contribution >= 0.6 is 23.1 Å². The Bertz CT molecular complexity index is 609. The molecular formula is C13H14N2O4S2. The first-order valence-electron chi connectivity index (χ1n) is 6.15. The van der Waals surface area contributed by atoms with Crippen LogP contribution in [0.25, 0.3) is 10.6 Å². The van der Waals surface area contributed by atoms with Crippen molar-refractivity contribution in [1.82, 2.24) is 10.5 Å². The second-order valence-corrected chi connectivity index (χ2v) is 6.13. The second-order valence-electron chi connectivity index (χ2n) is 4.20. The van der Waals surface area contributed by atoms with Crippen LogP contribution < -0.4 is 5.32 Å². The third-order valence-electron chi connectivity index (χ3n) is 2.72. The number of rotatable bonds is 7. The molecule has 1 amide bonds. The highest BCUT2D eigenvalue weighted by molar-refractivity contribution is 7.98. The van der Waals surface area contributed by atoms with Crippen molar-refractivity contribution in [3.63, 3.8) is 0 Å². The first-order chi connectivity index (χ1) is 10.1. The van der Waals surface area contributed by atoms with E-state index in [1.807, 2.05) is 23.8 Å². The van der Waals surface area contributed by atoms with E-state index in [1.165, 1.54) is 29.2 Å². The van der Waals surface area contributed by atoms with E-state index in [0.29, 0.717) is 17.9 Å². The number of hydrogen-bond donors (Lipinski definition) is 2. The lowest BCUT2D eigenvalue weighted by Gasteiger charge is -2.12. The van der Waals surface area contributed by atoms with Crippen LogP contribution in [0.5, 0.6) is 0 Å². The van der Waals surface area contributed by atoms with E-state index < -0.39 is 17.9 Å². The minimum atomic E-state index is -1.06. The van der Waals surface area contributed by atoms with E-state index in [1.54, 1.807) is 0 Å². The van der Waals surface area contributed by atoms with Crippen molar-refractivity contribution in [2.75, 3.05) is 12.0 Å². The number of carboxylic acids is 1. The van der Waals surface area contributed by atoms with Gasteiger partial charge in [0.25, 0.3) is 5.91 Å². The molecule has 0 aliphatic heterocycles. The maximum Gasteiger partial charge on any atom is 0.326 e. The molecule has 0 bridgehead atoms. The van der Waals surface area contributed by atoms with Gasteiger partial charge in [-0.15, -0.1) is 11.3 Å². The van der Waals surface area contributed by atoms with Gasteiger partial charge in [0, 0.05) is 6.07 Å². The number of thioether (sulfide) groups is 1. The Morgan fingerprint density at radius 1 is 1.57 bits per heavy atom. The standard InChI is InChI=1S/C13H14N2O4S2/c1-20-6-4-8(13(17)18)14-12(16)9-7-10(19-15-9)11-3-2-5-21-11/h2-3,5,7-8H,4,6H2,1H3,(H,14,16)(H,17,18)/t8-/m1/s1. The van der Waals surface area contributed by atoms with Crippen LogP contribution in [0.2, 0.25) is 0 Å². The molecule has 0 aliphatic carbocycles. The summed E-state index contributed by atoms with van der Waals surface area (Å²) in [5, 5.41) is 17.1. The number of hydrogen-bond acceptors (Lipinski definition) is 6. The minimum Gasteiger partial charge on any atom is -0.480 e. The molecule has 0 aliphatic rings. The summed E-state index contributed by atoms with van der Waals surface area (Å²) in [4.78, 5) is 24.0. The van der Waals surface area contributed by atoms with E-state index in [-0.39, 0.29) is 5.69 Å². The first kappa shape index (κ1) is 15.6. The molecule has 2 aromatic rings.